The Labute approximate surface area is 255 Å². The number of hydrogen-bond acceptors (Lipinski definition) is 7. The number of aryl methyl sites for hydroxylation is 1. The topological polar surface area (TPSA) is 109 Å². The number of rotatable bonds is 9. The zero-order chi connectivity index (χ0) is 29.5. The lowest BCUT2D eigenvalue weighted by Crippen LogP contribution is -2.53. The van der Waals surface area contributed by atoms with Crippen LogP contribution in [0.4, 0.5) is 11.4 Å². The molecule has 0 atom stereocenters. The van der Waals surface area contributed by atoms with E-state index in [1.807, 2.05) is 19.1 Å². The van der Waals surface area contributed by atoms with Gasteiger partial charge in [0.05, 0.1) is 18.1 Å². The molecule has 5 rings (SSSR count). The minimum Gasteiger partial charge on any atom is -0.487 e. The van der Waals surface area contributed by atoms with Gasteiger partial charge in [-0.15, -0.1) is 0 Å². The number of aliphatic imine (C=N–C) groups is 1. The van der Waals surface area contributed by atoms with Crippen molar-refractivity contribution >= 4 is 40.5 Å². The Balaban J connectivity index is 1.29. The van der Waals surface area contributed by atoms with Gasteiger partial charge in [-0.05, 0) is 56.4 Å². The Morgan fingerprint density at radius 1 is 1.12 bits per heavy atom. The first-order chi connectivity index (χ1) is 20.4. The first-order valence-corrected chi connectivity index (χ1v) is 15.3. The van der Waals surface area contributed by atoms with Crippen molar-refractivity contribution in [1.82, 2.24) is 15.4 Å². The number of nitrogens with one attached hydrogen (secondary N) is 1. The van der Waals surface area contributed by atoms with Crippen molar-refractivity contribution in [2.24, 2.45) is 4.99 Å². The zero-order valence-electron chi connectivity index (χ0n) is 23.8. The van der Waals surface area contributed by atoms with Crippen molar-refractivity contribution in [1.29, 1.82) is 0 Å². The highest BCUT2D eigenvalue weighted by atomic mass is 35.5. The number of halogens is 2. The quantitative estimate of drug-likeness (QED) is 0.102. The van der Waals surface area contributed by atoms with E-state index in [1.165, 1.54) is 18.1 Å². The number of guanidine groups is 1. The van der Waals surface area contributed by atoms with Gasteiger partial charge in [-0.25, -0.2) is 4.99 Å². The van der Waals surface area contributed by atoms with Crippen LogP contribution in [-0.2, 0) is 25.8 Å². The first-order valence-electron chi connectivity index (χ1n) is 14.5. The molecular formula is C30H36Cl2N6O4. The molecule has 0 amide bonds. The Kier molecular flexibility index (Phi) is 10.1. The normalized spacial score (nSPS) is 15.7. The SMILES string of the molecule is CCOc1cc(N2CCN(C(=NCc3noc4c3CCCCC4)NCCc3ccc(Cl)cc3Cl)CC2)ccc1[N+](=O)[O-]. The van der Waals surface area contributed by atoms with Gasteiger partial charge in [0, 0.05) is 72.6 Å². The Morgan fingerprint density at radius 3 is 2.69 bits per heavy atom. The lowest BCUT2D eigenvalue weighted by Gasteiger charge is -2.38. The van der Waals surface area contributed by atoms with Crippen LogP contribution in [0.15, 0.2) is 45.9 Å². The van der Waals surface area contributed by atoms with Crippen LogP contribution in [0.3, 0.4) is 0 Å². The molecule has 0 saturated carbocycles. The first kappa shape index (κ1) is 30.0. The molecule has 1 aliphatic heterocycles. The van der Waals surface area contributed by atoms with Gasteiger partial charge in [-0.2, -0.15) is 0 Å². The second kappa shape index (κ2) is 14.1. The highest BCUT2D eigenvalue weighted by Gasteiger charge is 2.24. The number of nitrogens with zero attached hydrogens (tertiary/aromatic N) is 5. The van der Waals surface area contributed by atoms with Gasteiger partial charge < -0.3 is 24.4 Å². The summed E-state index contributed by atoms with van der Waals surface area (Å²) in [6, 6.07) is 10.6. The standard InChI is InChI=1S/C30H36Cl2N6O4/c1-2-41-29-19-23(10-11-27(29)38(39)40)36-14-16-37(17-15-36)30(33-13-12-21-8-9-22(31)18-25(21)32)34-20-26-24-6-4-3-5-7-28(24)42-35-26/h8-11,18-19H,2-7,12-17,20H2,1H3,(H,33,34). The minimum absolute atomic E-state index is 0.0237. The molecule has 2 heterocycles. The molecule has 2 aliphatic rings. The van der Waals surface area contributed by atoms with Crippen LogP contribution in [0.5, 0.6) is 5.75 Å². The minimum atomic E-state index is -0.411. The van der Waals surface area contributed by atoms with E-state index in [1.54, 1.807) is 18.2 Å². The van der Waals surface area contributed by atoms with Crippen LogP contribution < -0.4 is 15.0 Å². The van der Waals surface area contributed by atoms with Gasteiger partial charge in [-0.1, -0.05) is 40.8 Å². The number of aromatic nitrogens is 1. The zero-order valence-corrected chi connectivity index (χ0v) is 25.3. The van der Waals surface area contributed by atoms with Crippen LogP contribution in [0.2, 0.25) is 10.0 Å². The van der Waals surface area contributed by atoms with E-state index in [9.17, 15) is 10.1 Å². The van der Waals surface area contributed by atoms with E-state index in [0.29, 0.717) is 35.5 Å². The Morgan fingerprint density at radius 2 is 1.93 bits per heavy atom. The highest BCUT2D eigenvalue weighted by Crippen LogP contribution is 2.32. The maximum absolute atomic E-state index is 11.4. The third kappa shape index (κ3) is 7.28. The van der Waals surface area contributed by atoms with Gasteiger partial charge in [-0.3, -0.25) is 10.1 Å². The summed E-state index contributed by atoms with van der Waals surface area (Å²) < 4.78 is 11.2. The van der Waals surface area contributed by atoms with Crippen molar-refractivity contribution in [2.45, 2.75) is 52.0 Å². The molecule has 10 nitrogen and oxygen atoms in total. The maximum atomic E-state index is 11.4. The molecule has 1 aliphatic carbocycles. The van der Waals surface area contributed by atoms with E-state index in [0.717, 1.165) is 86.9 Å². The Bertz CT molecular complexity index is 1420. The van der Waals surface area contributed by atoms with Gasteiger partial charge >= 0.3 is 5.69 Å². The molecular weight excluding hydrogens is 579 g/mol. The maximum Gasteiger partial charge on any atom is 0.311 e. The fraction of sp³-hybridized carbons (Fsp3) is 0.467. The Hall–Kier alpha value is -3.50. The molecule has 0 unspecified atom stereocenters. The number of nitro benzene ring substituents is 1. The van der Waals surface area contributed by atoms with Crippen molar-refractivity contribution in [2.75, 3.05) is 44.2 Å². The van der Waals surface area contributed by atoms with Crippen molar-refractivity contribution < 1.29 is 14.2 Å². The van der Waals surface area contributed by atoms with Crippen molar-refractivity contribution in [3.8, 4) is 5.75 Å². The second-order valence-electron chi connectivity index (χ2n) is 10.5. The van der Waals surface area contributed by atoms with Gasteiger partial charge in [0.1, 0.15) is 11.5 Å². The third-order valence-corrected chi connectivity index (χ3v) is 8.32. The number of ether oxygens (including phenoxy) is 1. The van der Waals surface area contributed by atoms with E-state index in [4.69, 9.17) is 37.5 Å². The summed E-state index contributed by atoms with van der Waals surface area (Å²) in [7, 11) is 0. The summed E-state index contributed by atoms with van der Waals surface area (Å²) >= 11 is 12.5. The monoisotopic (exact) mass is 614 g/mol. The number of piperazine rings is 1. The van der Waals surface area contributed by atoms with E-state index >= 15 is 0 Å². The smallest absolute Gasteiger partial charge is 0.311 e. The molecule has 0 radical (unpaired) electrons. The lowest BCUT2D eigenvalue weighted by molar-refractivity contribution is -0.385. The number of nitro groups is 1. The third-order valence-electron chi connectivity index (χ3n) is 7.74. The number of hydrogen-bond donors (Lipinski definition) is 1. The molecule has 12 heteroatoms. The summed E-state index contributed by atoms with van der Waals surface area (Å²) in [4.78, 5) is 20.5. The fourth-order valence-electron chi connectivity index (χ4n) is 5.50. The van der Waals surface area contributed by atoms with Crippen molar-refractivity contribution in [3.05, 3.63) is 79.1 Å². The predicted molar refractivity (Wildman–Crippen MR) is 165 cm³/mol. The van der Waals surface area contributed by atoms with E-state index in [2.05, 4.69) is 20.3 Å². The summed E-state index contributed by atoms with van der Waals surface area (Å²) in [5.41, 5.74) is 4.03. The lowest BCUT2D eigenvalue weighted by atomic mass is 10.1. The highest BCUT2D eigenvalue weighted by molar-refractivity contribution is 6.35. The average molecular weight is 616 g/mol. The predicted octanol–water partition coefficient (Wildman–Crippen LogP) is 6.07. The number of fused-ring (bicyclic) bond motifs is 1. The molecule has 0 spiro atoms. The molecule has 2 aromatic carbocycles. The van der Waals surface area contributed by atoms with Crippen molar-refractivity contribution in [3.63, 3.8) is 0 Å². The van der Waals surface area contributed by atoms with Gasteiger partial charge in [0.25, 0.3) is 0 Å². The molecule has 1 N–H and O–H groups in total. The summed E-state index contributed by atoms with van der Waals surface area (Å²) in [5.74, 6) is 2.11. The van der Waals surface area contributed by atoms with Gasteiger partial charge in [0.2, 0.25) is 0 Å². The summed E-state index contributed by atoms with van der Waals surface area (Å²) in [5, 5.41) is 20.6. The van der Waals surface area contributed by atoms with Crippen LogP contribution >= 0.6 is 23.2 Å². The van der Waals surface area contributed by atoms with Crippen LogP contribution in [0.1, 0.15) is 48.8 Å². The average Bonchev–Trinajstić information content (AvgIpc) is 3.21. The van der Waals surface area contributed by atoms with E-state index in [-0.39, 0.29) is 5.69 Å². The largest absolute Gasteiger partial charge is 0.487 e. The molecule has 1 aromatic heterocycles. The van der Waals surface area contributed by atoms with Crippen LogP contribution in [-0.4, -0.2) is 60.3 Å². The second-order valence-corrected chi connectivity index (χ2v) is 11.3. The molecule has 1 saturated heterocycles. The molecule has 3 aromatic rings. The van der Waals surface area contributed by atoms with Crippen LogP contribution in [0.25, 0.3) is 0 Å². The van der Waals surface area contributed by atoms with E-state index < -0.39 is 4.92 Å². The summed E-state index contributed by atoms with van der Waals surface area (Å²) in [6.45, 7) is 6.19. The number of anilines is 1. The molecule has 0 bridgehead atoms. The number of benzene rings is 2. The van der Waals surface area contributed by atoms with Crippen LogP contribution in [0, 0.1) is 10.1 Å². The molecule has 42 heavy (non-hydrogen) atoms. The summed E-state index contributed by atoms with van der Waals surface area (Å²) in [6.07, 6.45) is 6.13. The fourth-order valence-corrected chi connectivity index (χ4v) is 6.00. The van der Waals surface area contributed by atoms with Gasteiger partial charge in [0.15, 0.2) is 11.7 Å². The molecule has 1 fully saturated rings. The molecule has 224 valence electrons.